The largest absolute Gasteiger partial charge is 0.507 e. The highest BCUT2D eigenvalue weighted by atomic mass is 35.5. The molecule has 1 heterocycles. The van der Waals surface area contributed by atoms with Gasteiger partial charge in [0.2, 0.25) is 0 Å². The number of halogens is 1. The lowest BCUT2D eigenvalue weighted by atomic mass is 9.93. The molecule has 1 atom stereocenters. The highest BCUT2D eigenvalue weighted by Crippen LogP contribution is 2.43. The number of Topliss-reactive ketones (excluding diaryl/α,β-unsaturated/α-hetero) is 1. The third-order valence-corrected chi connectivity index (χ3v) is 6.31. The lowest BCUT2D eigenvalue weighted by molar-refractivity contribution is -0.132. The van der Waals surface area contributed by atoms with E-state index in [9.17, 15) is 14.7 Å². The average Bonchev–Trinajstić information content (AvgIpc) is 3.11. The summed E-state index contributed by atoms with van der Waals surface area (Å²) in [5.41, 5.74) is 3.14. The van der Waals surface area contributed by atoms with Crippen LogP contribution in [0.5, 0.6) is 11.5 Å². The summed E-state index contributed by atoms with van der Waals surface area (Å²) >= 11 is 6.10. The third kappa shape index (κ3) is 4.49. The molecule has 1 unspecified atom stereocenters. The number of anilines is 1. The number of hydrogen-bond acceptors (Lipinski definition) is 5. The van der Waals surface area contributed by atoms with E-state index in [0.717, 1.165) is 5.56 Å². The molecule has 180 valence electrons. The fourth-order valence-corrected chi connectivity index (χ4v) is 4.46. The molecule has 3 aromatic carbocycles. The quantitative estimate of drug-likeness (QED) is 0.260. The number of aliphatic hydroxyl groups is 1. The van der Waals surface area contributed by atoms with E-state index in [1.807, 2.05) is 20.8 Å². The second kappa shape index (κ2) is 9.84. The summed E-state index contributed by atoms with van der Waals surface area (Å²) in [4.78, 5) is 28.1. The molecule has 1 aliphatic heterocycles. The van der Waals surface area contributed by atoms with Crippen molar-refractivity contribution >= 4 is 34.7 Å². The van der Waals surface area contributed by atoms with Gasteiger partial charge in [-0.2, -0.15) is 0 Å². The number of rotatable bonds is 6. The molecule has 0 radical (unpaired) electrons. The first-order valence-corrected chi connectivity index (χ1v) is 11.6. The summed E-state index contributed by atoms with van der Waals surface area (Å²) in [6, 6.07) is 16.5. The Labute approximate surface area is 209 Å². The maximum absolute atomic E-state index is 13.4. The van der Waals surface area contributed by atoms with Crippen LogP contribution in [0.25, 0.3) is 5.76 Å². The summed E-state index contributed by atoms with van der Waals surface area (Å²) in [5, 5.41) is 12.0. The number of amides is 1. The Morgan fingerprint density at radius 3 is 2.26 bits per heavy atom. The first-order valence-electron chi connectivity index (χ1n) is 11.2. The van der Waals surface area contributed by atoms with E-state index in [1.165, 1.54) is 4.90 Å². The van der Waals surface area contributed by atoms with Gasteiger partial charge in [-0.05, 0) is 86.0 Å². The molecule has 1 N–H and O–H groups in total. The first kappa shape index (κ1) is 24.4. The molecular formula is C28H26ClNO5. The van der Waals surface area contributed by atoms with Gasteiger partial charge in [0.25, 0.3) is 11.7 Å². The fraction of sp³-hybridized carbons (Fsp3) is 0.214. The number of benzene rings is 3. The van der Waals surface area contributed by atoms with Gasteiger partial charge >= 0.3 is 0 Å². The van der Waals surface area contributed by atoms with Gasteiger partial charge in [-0.3, -0.25) is 14.5 Å². The Kier molecular flexibility index (Phi) is 6.85. The van der Waals surface area contributed by atoms with Crippen molar-refractivity contribution in [1.82, 2.24) is 0 Å². The number of carbonyl (C=O) groups is 2. The van der Waals surface area contributed by atoms with E-state index in [1.54, 1.807) is 67.8 Å². The van der Waals surface area contributed by atoms with Gasteiger partial charge in [-0.15, -0.1) is 0 Å². The third-order valence-electron chi connectivity index (χ3n) is 6.05. The Bertz CT molecular complexity index is 1310. The highest BCUT2D eigenvalue weighted by molar-refractivity contribution is 6.51. The Balaban J connectivity index is 1.92. The number of carbonyl (C=O) groups excluding carboxylic acids is 2. The molecule has 1 saturated heterocycles. The topological polar surface area (TPSA) is 76.1 Å². The van der Waals surface area contributed by atoms with Crippen LogP contribution < -0.4 is 14.4 Å². The van der Waals surface area contributed by atoms with E-state index in [-0.39, 0.29) is 11.3 Å². The predicted molar refractivity (Wildman–Crippen MR) is 136 cm³/mol. The molecular weight excluding hydrogens is 466 g/mol. The lowest BCUT2D eigenvalue weighted by Crippen LogP contribution is -2.29. The van der Waals surface area contributed by atoms with Gasteiger partial charge in [-0.1, -0.05) is 23.7 Å². The zero-order valence-corrected chi connectivity index (χ0v) is 20.7. The summed E-state index contributed by atoms with van der Waals surface area (Å²) < 4.78 is 10.9. The monoisotopic (exact) mass is 491 g/mol. The van der Waals surface area contributed by atoms with Crippen molar-refractivity contribution < 1.29 is 24.2 Å². The fourth-order valence-electron chi connectivity index (χ4n) is 4.34. The molecule has 35 heavy (non-hydrogen) atoms. The Hall–Kier alpha value is -3.77. The van der Waals surface area contributed by atoms with Crippen LogP contribution in [0, 0.1) is 13.8 Å². The number of ether oxygens (including phenoxy) is 2. The number of ketones is 1. The minimum absolute atomic E-state index is 0.0128. The Morgan fingerprint density at radius 1 is 1.00 bits per heavy atom. The number of aryl methyl sites for hydroxylation is 2. The average molecular weight is 492 g/mol. The summed E-state index contributed by atoms with van der Waals surface area (Å²) in [6.07, 6.45) is 0. The molecule has 6 nitrogen and oxygen atoms in total. The van der Waals surface area contributed by atoms with Crippen LogP contribution in [0.2, 0.25) is 5.02 Å². The van der Waals surface area contributed by atoms with Crippen molar-refractivity contribution in [3.63, 3.8) is 0 Å². The smallest absolute Gasteiger partial charge is 0.300 e. The van der Waals surface area contributed by atoms with Crippen LogP contribution in [0.1, 0.15) is 35.2 Å². The van der Waals surface area contributed by atoms with Crippen LogP contribution in [0.15, 0.2) is 66.2 Å². The van der Waals surface area contributed by atoms with Crippen molar-refractivity contribution in [2.75, 3.05) is 18.6 Å². The number of hydrogen-bond donors (Lipinski definition) is 1. The minimum Gasteiger partial charge on any atom is -0.507 e. The standard InChI is InChI=1S/C28H26ClNO5/c1-5-35-21-12-10-20(11-13-21)30-25(18-6-8-19(29)9-7-18)24(27(32)28(30)33)26(31)22-14-17(3)23(34-4)15-16(22)2/h6-15,25,31H,5H2,1-4H3/b26-24+. The second-order valence-electron chi connectivity index (χ2n) is 8.28. The van der Waals surface area contributed by atoms with Crippen molar-refractivity contribution in [1.29, 1.82) is 0 Å². The van der Waals surface area contributed by atoms with Crippen molar-refractivity contribution in [3.8, 4) is 11.5 Å². The van der Waals surface area contributed by atoms with E-state index in [2.05, 4.69) is 0 Å². The summed E-state index contributed by atoms with van der Waals surface area (Å²) in [5.74, 6) is -0.397. The molecule has 1 aliphatic rings. The van der Waals surface area contributed by atoms with Gasteiger partial charge in [0.15, 0.2) is 0 Å². The molecule has 0 spiro atoms. The molecule has 4 rings (SSSR count). The predicted octanol–water partition coefficient (Wildman–Crippen LogP) is 5.99. The first-order chi connectivity index (χ1) is 16.8. The number of aliphatic hydroxyl groups excluding tert-OH is 1. The molecule has 7 heteroatoms. The zero-order valence-electron chi connectivity index (χ0n) is 20.0. The molecule has 0 bridgehead atoms. The molecule has 3 aromatic rings. The van der Waals surface area contributed by atoms with Crippen molar-refractivity contribution in [2.45, 2.75) is 26.8 Å². The maximum atomic E-state index is 13.4. The maximum Gasteiger partial charge on any atom is 0.300 e. The summed E-state index contributed by atoms with van der Waals surface area (Å²) in [6.45, 7) is 6.06. The normalized spacial score (nSPS) is 17.1. The molecule has 1 amide bonds. The highest BCUT2D eigenvalue weighted by Gasteiger charge is 2.47. The van der Waals surface area contributed by atoms with Gasteiger partial charge in [0.1, 0.15) is 17.3 Å². The molecule has 0 saturated carbocycles. The van der Waals surface area contributed by atoms with Crippen LogP contribution in [-0.4, -0.2) is 30.5 Å². The van der Waals surface area contributed by atoms with Crippen LogP contribution in [-0.2, 0) is 9.59 Å². The van der Waals surface area contributed by atoms with Crippen molar-refractivity contribution in [3.05, 3.63) is 93.5 Å². The molecule has 0 aromatic heterocycles. The van der Waals surface area contributed by atoms with Gasteiger partial charge < -0.3 is 14.6 Å². The van der Waals surface area contributed by atoms with E-state index < -0.39 is 17.7 Å². The number of methoxy groups -OCH3 is 1. The van der Waals surface area contributed by atoms with E-state index in [4.69, 9.17) is 21.1 Å². The Morgan fingerprint density at radius 2 is 1.66 bits per heavy atom. The van der Waals surface area contributed by atoms with Gasteiger partial charge in [-0.25, -0.2) is 0 Å². The van der Waals surface area contributed by atoms with Gasteiger partial charge in [0.05, 0.1) is 25.3 Å². The van der Waals surface area contributed by atoms with E-state index >= 15 is 0 Å². The zero-order chi connectivity index (χ0) is 25.3. The van der Waals surface area contributed by atoms with Crippen molar-refractivity contribution in [2.24, 2.45) is 0 Å². The lowest BCUT2D eigenvalue weighted by Gasteiger charge is -2.26. The SMILES string of the molecule is CCOc1ccc(N2C(=O)C(=O)/C(=C(/O)c3cc(C)c(OC)cc3C)C2c2ccc(Cl)cc2)cc1. The summed E-state index contributed by atoms with van der Waals surface area (Å²) in [7, 11) is 1.57. The van der Waals surface area contributed by atoms with Crippen LogP contribution >= 0.6 is 11.6 Å². The van der Waals surface area contributed by atoms with Crippen LogP contribution in [0.4, 0.5) is 5.69 Å². The number of nitrogens with zero attached hydrogens (tertiary/aromatic N) is 1. The minimum atomic E-state index is -0.841. The van der Waals surface area contributed by atoms with E-state index in [0.29, 0.717) is 45.5 Å². The van der Waals surface area contributed by atoms with Crippen LogP contribution in [0.3, 0.4) is 0 Å². The molecule has 0 aliphatic carbocycles. The molecule has 1 fully saturated rings. The van der Waals surface area contributed by atoms with Gasteiger partial charge in [0, 0.05) is 16.3 Å². The second-order valence-corrected chi connectivity index (χ2v) is 8.72.